The van der Waals surface area contributed by atoms with E-state index in [1.165, 1.54) is 17.0 Å². The van der Waals surface area contributed by atoms with Gasteiger partial charge in [-0.1, -0.05) is 0 Å². The Balaban J connectivity index is 2.11. The monoisotopic (exact) mass is 302 g/mol. The third-order valence-electron chi connectivity index (χ3n) is 2.95. The zero-order valence-corrected chi connectivity index (χ0v) is 11.9. The van der Waals surface area contributed by atoms with Gasteiger partial charge >= 0.3 is 0 Å². The highest BCUT2D eigenvalue weighted by molar-refractivity contribution is 6.03. The minimum atomic E-state index is -0.395. The fraction of sp³-hybridized carbons (Fsp3) is 0.143. The van der Waals surface area contributed by atoms with Crippen LogP contribution in [0.1, 0.15) is 5.56 Å². The van der Waals surface area contributed by atoms with E-state index >= 15 is 0 Å². The van der Waals surface area contributed by atoms with E-state index in [0.29, 0.717) is 28.4 Å². The van der Waals surface area contributed by atoms with Crippen molar-refractivity contribution < 1.29 is 9.90 Å². The Hall–Kier alpha value is -3.00. The van der Waals surface area contributed by atoms with Crippen molar-refractivity contribution in [2.75, 3.05) is 29.1 Å². The van der Waals surface area contributed by atoms with Gasteiger partial charge in [-0.2, -0.15) is 5.10 Å². The number of aliphatic hydroxyl groups is 1. The summed E-state index contributed by atoms with van der Waals surface area (Å²) in [5.41, 5.74) is 19.2. The van der Waals surface area contributed by atoms with Crippen LogP contribution in [0.25, 0.3) is 6.08 Å². The zero-order valence-electron chi connectivity index (χ0n) is 11.9. The first-order valence-electron chi connectivity index (χ1n) is 6.57. The van der Waals surface area contributed by atoms with Gasteiger partial charge in [0.2, 0.25) is 5.91 Å². The normalized spacial score (nSPS) is 11.0. The Morgan fingerprint density at radius 1 is 1.32 bits per heavy atom. The molecule has 0 unspecified atom stereocenters. The summed E-state index contributed by atoms with van der Waals surface area (Å²) in [4.78, 5) is 12.0. The number of nitrogens with one attached hydrogen (secondary N) is 1. The van der Waals surface area contributed by atoms with Crippen LogP contribution in [-0.2, 0) is 11.3 Å². The molecule has 0 atom stereocenters. The molecule has 0 aliphatic rings. The maximum Gasteiger partial charge on any atom is 0.249 e. The van der Waals surface area contributed by atoms with E-state index < -0.39 is 5.91 Å². The van der Waals surface area contributed by atoms with Crippen molar-refractivity contribution in [3.05, 3.63) is 36.0 Å². The van der Waals surface area contributed by atoms with Crippen molar-refractivity contribution in [3.8, 4) is 0 Å². The van der Waals surface area contributed by atoms with Crippen molar-refractivity contribution in [1.29, 1.82) is 0 Å². The van der Waals surface area contributed by atoms with Crippen molar-refractivity contribution >= 4 is 34.9 Å². The van der Waals surface area contributed by atoms with Gasteiger partial charge in [-0.05, 0) is 29.8 Å². The highest BCUT2D eigenvalue weighted by atomic mass is 16.3. The summed E-state index contributed by atoms with van der Waals surface area (Å²) in [6, 6.07) is 5.02. The molecule has 0 aliphatic carbocycles. The van der Waals surface area contributed by atoms with Crippen LogP contribution in [0.2, 0.25) is 0 Å². The lowest BCUT2D eigenvalue weighted by Crippen LogP contribution is -2.15. The summed E-state index contributed by atoms with van der Waals surface area (Å²) in [6.07, 6.45) is 4.29. The van der Waals surface area contributed by atoms with Gasteiger partial charge in [0.15, 0.2) is 5.82 Å². The van der Waals surface area contributed by atoms with E-state index in [1.54, 1.807) is 24.3 Å². The number of aliphatic hydroxyl groups excluding tert-OH is 1. The lowest BCUT2D eigenvalue weighted by molar-refractivity contribution is -0.111. The molecule has 2 aromatic rings. The van der Waals surface area contributed by atoms with E-state index in [9.17, 15) is 4.79 Å². The van der Waals surface area contributed by atoms with Crippen LogP contribution in [0.15, 0.2) is 30.5 Å². The minimum absolute atomic E-state index is 0.111. The molecule has 8 nitrogen and oxygen atoms in total. The van der Waals surface area contributed by atoms with Gasteiger partial charge in [-0.25, -0.2) is 4.68 Å². The Labute approximate surface area is 127 Å². The number of carbonyl (C=O) groups excluding carboxylic acids is 1. The lowest BCUT2D eigenvalue weighted by Gasteiger charge is -2.07. The van der Waals surface area contributed by atoms with Crippen LogP contribution in [0.3, 0.4) is 0 Å². The lowest BCUT2D eigenvalue weighted by atomic mass is 10.1. The maximum atomic E-state index is 12.0. The van der Waals surface area contributed by atoms with Crippen LogP contribution in [0.5, 0.6) is 0 Å². The van der Waals surface area contributed by atoms with Gasteiger partial charge in [-0.15, -0.1) is 0 Å². The first-order chi connectivity index (χ1) is 10.5. The molecule has 0 aliphatic heterocycles. The predicted molar refractivity (Wildman–Crippen MR) is 86.7 cm³/mol. The molecule has 0 saturated heterocycles. The Morgan fingerprint density at radius 3 is 2.82 bits per heavy atom. The summed E-state index contributed by atoms with van der Waals surface area (Å²) < 4.78 is 1.41. The molecule has 2 rings (SSSR count). The van der Waals surface area contributed by atoms with Gasteiger partial charge in [0, 0.05) is 17.5 Å². The van der Waals surface area contributed by atoms with Gasteiger partial charge in [0.25, 0.3) is 0 Å². The van der Waals surface area contributed by atoms with Crippen molar-refractivity contribution in [2.24, 2.45) is 0 Å². The molecule has 0 bridgehead atoms. The van der Waals surface area contributed by atoms with Gasteiger partial charge in [0.05, 0.1) is 25.0 Å². The number of carbonyl (C=O) groups is 1. The molecule has 0 fully saturated rings. The van der Waals surface area contributed by atoms with Crippen molar-refractivity contribution in [1.82, 2.24) is 9.78 Å². The molecule has 1 heterocycles. The molecule has 0 radical (unpaired) electrons. The number of hydrogen-bond acceptors (Lipinski definition) is 6. The number of anilines is 4. The van der Waals surface area contributed by atoms with E-state index in [-0.39, 0.29) is 13.2 Å². The fourth-order valence-electron chi connectivity index (χ4n) is 1.86. The van der Waals surface area contributed by atoms with Crippen LogP contribution >= 0.6 is 0 Å². The average Bonchev–Trinajstić information content (AvgIpc) is 2.82. The number of hydrogen-bond donors (Lipinski definition) is 5. The Kier molecular flexibility index (Phi) is 4.64. The first-order valence-corrected chi connectivity index (χ1v) is 6.57. The molecule has 22 heavy (non-hydrogen) atoms. The number of nitrogens with zero attached hydrogens (tertiary/aromatic N) is 2. The summed E-state index contributed by atoms with van der Waals surface area (Å²) in [5.74, 6) is -0.0579. The molecule has 8 heteroatoms. The van der Waals surface area contributed by atoms with Crippen molar-refractivity contribution in [3.63, 3.8) is 0 Å². The number of aromatic nitrogens is 2. The number of amides is 1. The standard InChI is InChI=1S/C14H18N6O2/c15-10-2-3-11(16)9(7-10)1-4-13(22)19-14-12(17)8-18-20(14)5-6-21/h1-4,7-8,21H,5-6,15-17H2,(H,19,22)/b4-1+. The Bertz CT molecular complexity index is 707. The number of nitrogens with two attached hydrogens (primary N) is 3. The Morgan fingerprint density at radius 2 is 2.09 bits per heavy atom. The second-order valence-electron chi connectivity index (χ2n) is 4.61. The SMILES string of the molecule is Nc1ccc(N)c(/C=C/C(=O)Nc2c(N)cnn2CCO)c1. The van der Waals surface area contributed by atoms with Crippen molar-refractivity contribution in [2.45, 2.75) is 6.54 Å². The van der Waals surface area contributed by atoms with Crippen LogP contribution in [0.4, 0.5) is 22.9 Å². The largest absolute Gasteiger partial charge is 0.399 e. The van der Waals surface area contributed by atoms with Crippen LogP contribution in [0, 0.1) is 0 Å². The smallest absolute Gasteiger partial charge is 0.249 e. The third kappa shape index (κ3) is 3.55. The quantitative estimate of drug-likeness (QED) is 0.396. The second-order valence-corrected chi connectivity index (χ2v) is 4.61. The molecule has 1 amide bonds. The molecular formula is C14H18N6O2. The number of rotatable bonds is 5. The first kappa shape index (κ1) is 15.4. The molecule has 1 aromatic carbocycles. The van der Waals surface area contributed by atoms with Gasteiger partial charge in [0.1, 0.15) is 0 Å². The average molecular weight is 302 g/mol. The summed E-state index contributed by atoms with van der Waals surface area (Å²) in [6.45, 7) is 0.123. The van der Waals surface area contributed by atoms with E-state index in [4.69, 9.17) is 22.3 Å². The van der Waals surface area contributed by atoms with Crippen LogP contribution < -0.4 is 22.5 Å². The summed E-state index contributed by atoms with van der Waals surface area (Å²) >= 11 is 0. The molecule has 116 valence electrons. The number of benzene rings is 1. The minimum Gasteiger partial charge on any atom is -0.399 e. The zero-order chi connectivity index (χ0) is 16.1. The van der Waals surface area contributed by atoms with Crippen LogP contribution in [-0.4, -0.2) is 27.4 Å². The molecular weight excluding hydrogens is 284 g/mol. The van der Waals surface area contributed by atoms with E-state index in [0.717, 1.165) is 0 Å². The molecule has 1 aromatic heterocycles. The second kappa shape index (κ2) is 6.64. The highest BCUT2D eigenvalue weighted by Gasteiger charge is 2.10. The third-order valence-corrected chi connectivity index (χ3v) is 2.95. The summed E-state index contributed by atoms with van der Waals surface area (Å²) in [5, 5.41) is 15.5. The molecule has 0 saturated carbocycles. The highest BCUT2D eigenvalue weighted by Crippen LogP contribution is 2.19. The molecule has 0 spiro atoms. The number of nitrogen functional groups attached to an aromatic ring is 3. The predicted octanol–water partition coefficient (Wildman–Crippen LogP) is 0.274. The fourth-order valence-corrected chi connectivity index (χ4v) is 1.86. The van der Waals surface area contributed by atoms with Gasteiger partial charge in [-0.3, -0.25) is 4.79 Å². The summed E-state index contributed by atoms with van der Waals surface area (Å²) in [7, 11) is 0. The maximum absolute atomic E-state index is 12.0. The van der Waals surface area contributed by atoms with E-state index in [1.807, 2.05) is 0 Å². The van der Waals surface area contributed by atoms with E-state index in [2.05, 4.69) is 10.4 Å². The van der Waals surface area contributed by atoms with Gasteiger partial charge < -0.3 is 27.6 Å². The topological polar surface area (TPSA) is 145 Å². The molecule has 8 N–H and O–H groups in total.